The van der Waals surface area contributed by atoms with Crippen LogP contribution in [0.4, 0.5) is 5.13 Å². The lowest BCUT2D eigenvalue weighted by Crippen LogP contribution is -2.19. The van der Waals surface area contributed by atoms with Crippen LogP contribution in [0, 0.1) is 11.8 Å². The van der Waals surface area contributed by atoms with Crippen molar-refractivity contribution in [3.05, 3.63) is 10.6 Å². The Bertz CT molecular complexity index is 408. The highest BCUT2D eigenvalue weighted by atomic mass is 32.1. The molecular weight excluding hydrogens is 232 g/mol. The first-order valence-corrected chi connectivity index (χ1v) is 7.39. The Morgan fingerprint density at radius 3 is 2.65 bits per heavy atom. The second kappa shape index (κ2) is 4.25. The molecule has 3 atom stereocenters. The van der Waals surface area contributed by atoms with E-state index in [-0.39, 0.29) is 6.10 Å². The molecule has 17 heavy (non-hydrogen) atoms. The van der Waals surface area contributed by atoms with Crippen LogP contribution in [0.5, 0.6) is 0 Å². The van der Waals surface area contributed by atoms with E-state index >= 15 is 0 Å². The Balaban J connectivity index is 1.85. The minimum atomic E-state index is -0.262. The van der Waals surface area contributed by atoms with E-state index < -0.39 is 0 Å². The number of aromatic nitrogens is 1. The number of aryl methyl sites for hydroxylation is 1. The molecule has 0 amide bonds. The van der Waals surface area contributed by atoms with Crippen LogP contribution in [0.3, 0.4) is 0 Å². The van der Waals surface area contributed by atoms with Gasteiger partial charge in [0.15, 0.2) is 5.13 Å². The molecule has 1 aromatic rings. The quantitative estimate of drug-likeness (QED) is 0.834. The van der Waals surface area contributed by atoms with Gasteiger partial charge in [-0.2, -0.15) is 0 Å². The van der Waals surface area contributed by atoms with Crippen molar-refractivity contribution < 1.29 is 5.11 Å². The Hall–Kier alpha value is -0.610. The molecule has 1 N–H and O–H groups in total. The van der Waals surface area contributed by atoms with Crippen LogP contribution in [0.25, 0.3) is 0 Å². The number of aliphatic hydroxyl groups excluding tert-OH is 1. The summed E-state index contributed by atoms with van der Waals surface area (Å²) in [6, 6.07) is 0. The van der Waals surface area contributed by atoms with Crippen LogP contribution < -0.4 is 4.90 Å². The van der Waals surface area contributed by atoms with E-state index in [2.05, 4.69) is 18.7 Å². The van der Waals surface area contributed by atoms with E-state index in [0.29, 0.717) is 0 Å². The second-order valence-electron chi connectivity index (χ2n) is 5.57. The molecule has 3 rings (SSSR count). The van der Waals surface area contributed by atoms with Gasteiger partial charge in [0.25, 0.3) is 0 Å². The maximum absolute atomic E-state index is 9.97. The highest BCUT2D eigenvalue weighted by Crippen LogP contribution is 2.39. The lowest BCUT2D eigenvalue weighted by molar-refractivity contribution is 0.160. The third kappa shape index (κ3) is 1.97. The molecule has 3 nitrogen and oxygen atoms in total. The van der Waals surface area contributed by atoms with Gasteiger partial charge in [-0.15, -0.1) is 0 Å². The molecule has 1 aliphatic heterocycles. The highest BCUT2D eigenvalue weighted by Gasteiger charge is 2.30. The lowest BCUT2D eigenvalue weighted by atomic mass is 10.0. The number of nitrogens with zero attached hydrogens (tertiary/aromatic N) is 2. The van der Waals surface area contributed by atoms with Crippen LogP contribution >= 0.6 is 11.3 Å². The zero-order chi connectivity index (χ0) is 12.0. The van der Waals surface area contributed by atoms with Gasteiger partial charge < -0.3 is 10.0 Å². The largest absolute Gasteiger partial charge is 0.388 e. The second-order valence-corrected chi connectivity index (χ2v) is 6.58. The van der Waals surface area contributed by atoms with E-state index in [9.17, 15) is 5.11 Å². The standard InChI is InChI=1S/C13H20N2OS/c1-8-6-15(7-9(8)2)13-14-10-4-3-5-11(16)12(10)17-13/h8-9,11,16H,3-7H2,1-2H3. The van der Waals surface area contributed by atoms with E-state index in [1.807, 2.05) is 0 Å². The SMILES string of the molecule is CC1CN(c2nc3c(s2)C(O)CCC3)CC1C. The molecule has 0 aromatic carbocycles. The fraction of sp³-hybridized carbons (Fsp3) is 0.769. The number of rotatable bonds is 1. The fourth-order valence-electron chi connectivity index (χ4n) is 2.81. The van der Waals surface area contributed by atoms with Crippen molar-refractivity contribution >= 4 is 16.5 Å². The van der Waals surface area contributed by atoms with Gasteiger partial charge in [-0.3, -0.25) is 0 Å². The van der Waals surface area contributed by atoms with Gasteiger partial charge in [-0.05, 0) is 31.1 Å². The summed E-state index contributed by atoms with van der Waals surface area (Å²) in [6.45, 7) is 6.85. The summed E-state index contributed by atoms with van der Waals surface area (Å²) in [5, 5.41) is 11.1. The van der Waals surface area contributed by atoms with Crippen molar-refractivity contribution in [3.63, 3.8) is 0 Å². The Kier molecular flexibility index (Phi) is 2.87. The zero-order valence-electron chi connectivity index (χ0n) is 10.5. The first kappa shape index (κ1) is 11.5. The molecule has 1 fully saturated rings. The summed E-state index contributed by atoms with van der Waals surface area (Å²) in [7, 11) is 0. The molecule has 4 heteroatoms. The maximum atomic E-state index is 9.97. The molecule has 3 unspecified atom stereocenters. The summed E-state index contributed by atoms with van der Waals surface area (Å²) in [5.74, 6) is 1.50. The molecule has 1 saturated heterocycles. The van der Waals surface area contributed by atoms with E-state index in [4.69, 9.17) is 4.98 Å². The van der Waals surface area contributed by atoms with Gasteiger partial charge in [0.2, 0.25) is 0 Å². The third-order valence-electron chi connectivity index (χ3n) is 4.17. The average Bonchev–Trinajstić information content (AvgIpc) is 2.85. The van der Waals surface area contributed by atoms with Gasteiger partial charge in [0, 0.05) is 13.1 Å². The molecule has 2 aliphatic rings. The first-order chi connectivity index (χ1) is 8.15. The van der Waals surface area contributed by atoms with Gasteiger partial charge >= 0.3 is 0 Å². The molecular formula is C13H20N2OS. The van der Waals surface area contributed by atoms with Crippen LogP contribution in [0.1, 0.15) is 43.4 Å². The first-order valence-electron chi connectivity index (χ1n) is 6.57. The summed E-state index contributed by atoms with van der Waals surface area (Å²) in [5.41, 5.74) is 1.15. The van der Waals surface area contributed by atoms with Crippen molar-refractivity contribution in [2.24, 2.45) is 11.8 Å². The van der Waals surface area contributed by atoms with Crippen LogP contribution in [0.15, 0.2) is 0 Å². The Labute approximate surface area is 106 Å². The molecule has 1 aliphatic carbocycles. The number of fused-ring (bicyclic) bond motifs is 1. The van der Waals surface area contributed by atoms with Crippen molar-refractivity contribution in [3.8, 4) is 0 Å². The zero-order valence-corrected chi connectivity index (χ0v) is 11.3. The normalized spacial score (nSPS) is 32.9. The van der Waals surface area contributed by atoms with Crippen molar-refractivity contribution in [2.75, 3.05) is 18.0 Å². The smallest absolute Gasteiger partial charge is 0.185 e. The Morgan fingerprint density at radius 1 is 1.29 bits per heavy atom. The van der Waals surface area contributed by atoms with Crippen LogP contribution in [-0.2, 0) is 6.42 Å². The molecule has 94 valence electrons. The highest BCUT2D eigenvalue weighted by molar-refractivity contribution is 7.15. The van der Waals surface area contributed by atoms with E-state index in [1.54, 1.807) is 11.3 Å². The predicted molar refractivity (Wildman–Crippen MR) is 70.6 cm³/mol. The maximum Gasteiger partial charge on any atom is 0.185 e. The lowest BCUT2D eigenvalue weighted by Gasteiger charge is -2.14. The van der Waals surface area contributed by atoms with Gasteiger partial charge in [0.05, 0.1) is 16.7 Å². The molecule has 1 aromatic heterocycles. The third-order valence-corrected chi connectivity index (χ3v) is 5.43. The summed E-state index contributed by atoms with van der Waals surface area (Å²) in [4.78, 5) is 8.25. The number of anilines is 1. The van der Waals surface area contributed by atoms with Gasteiger partial charge in [0.1, 0.15) is 0 Å². The number of hydrogen-bond acceptors (Lipinski definition) is 4. The molecule has 0 spiro atoms. The predicted octanol–water partition coefficient (Wildman–Crippen LogP) is 2.61. The van der Waals surface area contributed by atoms with Gasteiger partial charge in [-0.1, -0.05) is 25.2 Å². The summed E-state index contributed by atoms with van der Waals surface area (Å²) < 4.78 is 0. The molecule has 2 heterocycles. The minimum absolute atomic E-state index is 0.262. The summed E-state index contributed by atoms with van der Waals surface area (Å²) >= 11 is 1.71. The number of aliphatic hydroxyl groups is 1. The van der Waals surface area contributed by atoms with E-state index in [0.717, 1.165) is 59.9 Å². The van der Waals surface area contributed by atoms with Crippen molar-refractivity contribution in [1.29, 1.82) is 0 Å². The van der Waals surface area contributed by atoms with E-state index in [1.165, 1.54) is 0 Å². The topological polar surface area (TPSA) is 36.4 Å². The monoisotopic (exact) mass is 252 g/mol. The van der Waals surface area contributed by atoms with Crippen LogP contribution in [0.2, 0.25) is 0 Å². The minimum Gasteiger partial charge on any atom is -0.388 e. The van der Waals surface area contributed by atoms with Gasteiger partial charge in [-0.25, -0.2) is 4.98 Å². The van der Waals surface area contributed by atoms with Crippen molar-refractivity contribution in [1.82, 2.24) is 4.98 Å². The fourth-order valence-corrected chi connectivity index (χ4v) is 3.96. The number of hydrogen-bond donors (Lipinski definition) is 1. The van der Waals surface area contributed by atoms with Crippen molar-refractivity contribution in [2.45, 2.75) is 39.2 Å². The average molecular weight is 252 g/mol. The molecule has 0 saturated carbocycles. The number of thiazole rings is 1. The molecule has 0 bridgehead atoms. The Morgan fingerprint density at radius 2 is 2.00 bits per heavy atom. The molecule has 0 radical (unpaired) electrons. The summed E-state index contributed by atoms with van der Waals surface area (Å²) in [6.07, 6.45) is 2.76. The van der Waals surface area contributed by atoms with Crippen LogP contribution in [-0.4, -0.2) is 23.2 Å².